The van der Waals surface area contributed by atoms with Crippen LogP contribution < -0.4 is 9.62 Å². The predicted molar refractivity (Wildman–Crippen MR) is 138 cm³/mol. The summed E-state index contributed by atoms with van der Waals surface area (Å²) in [4.78, 5) is 29.5. The van der Waals surface area contributed by atoms with Crippen molar-refractivity contribution in [3.05, 3.63) is 47.7 Å². The first-order chi connectivity index (χ1) is 18.3. The van der Waals surface area contributed by atoms with Gasteiger partial charge in [0.05, 0.1) is 16.1 Å². The Labute approximate surface area is 224 Å². The summed E-state index contributed by atoms with van der Waals surface area (Å²) >= 11 is 0. The van der Waals surface area contributed by atoms with Crippen LogP contribution in [-0.4, -0.2) is 78.9 Å². The topological polar surface area (TPSA) is 140 Å². The molecule has 1 aromatic heterocycles. The minimum Gasteiger partial charge on any atom is -0.478 e. The molecule has 0 atom stereocenters. The van der Waals surface area contributed by atoms with Crippen LogP contribution >= 0.6 is 0 Å². The highest BCUT2D eigenvalue weighted by atomic mass is 32.2. The first-order valence-corrected chi connectivity index (χ1v) is 13.9. The van der Waals surface area contributed by atoms with Gasteiger partial charge < -0.3 is 20.0 Å². The molecule has 3 N–H and O–H groups in total. The molecule has 0 saturated carbocycles. The summed E-state index contributed by atoms with van der Waals surface area (Å²) in [5, 5.41) is 16.5. The number of alkyl halides is 3. The van der Waals surface area contributed by atoms with Crippen LogP contribution in [0.5, 0.6) is 0 Å². The zero-order chi connectivity index (χ0) is 28.8. The second-order valence-corrected chi connectivity index (χ2v) is 11.1. The summed E-state index contributed by atoms with van der Waals surface area (Å²) in [6.45, 7) is 5.69. The van der Waals surface area contributed by atoms with Crippen molar-refractivity contribution in [2.24, 2.45) is 0 Å². The highest BCUT2D eigenvalue weighted by molar-refractivity contribution is 7.92. The average molecular weight is 573 g/mol. The number of hydrogen-bond donors (Lipinski definition) is 3. The number of likely N-dealkylation sites (tertiary alicyclic amines) is 1. The lowest BCUT2D eigenvalue weighted by atomic mass is 10.00. The van der Waals surface area contributed by atoms with Crippen LogP contribution in [0.1, 0.15) is 48.0 Å². The number of carboxylic acid groups (broad SMARTS) is 2. The molecule has 2 saturated heterocycles. The lowest BCUT2D eigenvalue weighted by molar-refractivity contribution is -0.192. The van der Waals surface area contributed by atoms with E-state index in [0.29, 0.717) is 11.9 Å². The Bertz CT molecular complexity index is 1260. The molecule has 39 heavy (non-hydrogen) atoms. The van der Waals surface area contributed by atoms with E-state index in [2.05, 4.69) is 19.5 Å². The number of nitrogens with one attached hydrogen (secondary N) is 1. The third kappa shape index (κ3) is 8.30. The Kier molecular flexibility index (Phi) is 9.78. The minimum absolute atomic E-state index is 0.0569. The van der Waals surface area contributed by atoms with Crippen molar-refractivity contribution < 1.29 is 41.4 Å². The van der Waals surface area contributed by atoms with E-state index in [1.807, 2.05) is 6.92 Å². The van der Waals surface area contributed by atoms with Gasteiger partial charge in [-0.15, -0.1) is 0 Å². The molecule has 10 nitrogen and oxygen atoms in total. The van der Waals surface area contributed by atoms with Crippen LogP contribution in [0.3, 0.4) is 0 Å². The molecule has 4 rings (SSSR count). The van der Waals surface area contributed by atoms with Crippen LogP contribution in [0, 0.1) is 6.92 Å². The van der Waals surface area contributed by atoms with Crippen molar-refractivity contribution >= 4 is 33.5 Å². The predicted octanol–water partition coefficient (Wildman–Crippen LogP) is 3.98. The fourth-order valence-electron chi connectivity index (χ4n) is 4.55. The molecule has 14 heteroatoms. The van der Waals surface area contributed by atoms with E-state index in [4.69, 9.17) is 9.90 Å². The number of sulfonamides is 1. The van der Waals surface area contributed by atoms with E-state index in [9.17, 15) is 31.5 Å². The number of aryl methyl sites for hydroxylation is 1. The third-order valence-electron chi connectivity index (χ3n) is 6.60. The van der Waals surface area contributed by atoms with Gasteiger partial charge in [0.25, 0.3) is 10.0 Å². The molecular formula is C25H31F3N4O6S. The number of carbonyl (C=O) groups is 2. The van der Waals surface area contributed by atoms with E-state index < -0.39 is 28.1 Å². The SMILES string of the molecule is Cc1ccc(S(=O)(=O)Nc2cc(C(=O)O)cnc2N2CCC(N3CCCCC3)CC2)cc1.O=C(O)C(F)(F)F. The van der Waals surface area contributed by atoms with Crippen molar-refractivity contribution in [1.82, 2.24) is 9.88 Å². The van der Waals surface area contributed by atoms with E-state index in [1.165, 1.54) is 43.7 Å². The van der Waals surface area contributed by atoms with E-state index >= 15 is 0 Å². The van der Waals surface area contributed by atoms with Gasteiger partial charge in [0.15, 0.2) is 5.82 Å². The van der Waals surface area contributed by atoms with Crippen molar-refractivity contribution in [2.45, 2.75) is 56.1 Å². The maximum atomic E-state index is 13.0. The lowest BCUT2D eigenvalue weighted by Gasteiger charge is -2.40. The minimum atomic E-state index is -5.08. The molecule has 0 radical (unpaired) electrons. The molecule has 2 aromatic rings. The molecular weight excluding hydrogens is 541 g/mol. The zero-order valence-corrected chi connectivity index (χ0v) is 22.1. The normalized spacial score (nSPS) is 17.2. The van der Waals surface area contributed by atoms with Crippen molar-refractivity contribution in [3.8, 4) is 0 Å². The number of aliphatic carboxylic acids is 1. The second kappa shape index (κ2) is 12.6. The fourth-order valence-corrected chi connectivity index (χ4v) is 5.60. The summed E-state index contributed by atoms with van der Waals surface area (Å²) in [5.74, 6) is -3.43. The molecule has 0 spiro atoms. The van der Waals surface area contributed by atoms with Gasteiger partial charge in [-0.3, -0.25) is 4.72 Å². The number of aromatic carboxylic acids is 1. The summed E-state index contributed by atoms with van der Waals surface area (Å²) in [5.41, 5.74) is 1.09. The smallest absolute Gasteiger partial charge is 0.478 e. The number of pyridine rings is 1. The number of piperidine rings is 2. The highest BCUT2D eigenvalue weighted by Gasteiger charge is 2.38. The average Bonchev–Trinajstić information content (AvgIpc) is 2.89. The van der Waals surface area contributed by atoms with Gasteiger partial charge in [-0.2, -0.15) is 13.2 Å². The summed E-state index contributed by atoms with van der Waals surface area (Å²) < 4.78 is 60.3. The van der Waals surface area contributed by atoms with Crippen molar-refractivity contribution in [2.75, 3.05) is 35.8 Å². The Hall–Kier alpha value is -3.39. The second-order valence-electron chi connectivity index (χ2n) is 9.44. The van der Waals surface area contributed by atoms with E-state index in [0.717, 1.165) is 44.6 Å². The first kappa shape index (κ1) is 30.2. The third-order valence-corrected chi connectivity index (χ3v) is 7.98. The molecule has 2 fully saturated rings. The van der Waals surface area contributed by atoms with E-state index in [1.54, 1.807) is 12.1 Å². The van der Waals surface area contributed by atoms with Gasteiger partial charge >= 0.3 is 18.1 Å². The van der Waals surface area contributed by atoms with Crippen LogP contribution in [0.2, 0.25) is 0 Å². The molecule has 0 aliphatic carbocycles. The molecule has 214 valence electrons. The number of hydrogen-bond acceptors (Lipinski definition) is 7. The van der Waals surface area contributed by atoms with E-state index in [-0.39, 0.29) is 16.1 Å². The maximum absolute atomic E-state index is 13.0. The number of anilines is 2. The number of benzene rings is 1. The van der Waals surface area contributed by atoms with Gasteiger partial charge in [-0.1, -0.05) is 24.1 Å². The Morgan fingerprint density at radius 1 is 1.00 bits per heavy atom. The lowest BCUT2D eigenvalue weighted by Crippen LogP contribution is -2.47. The van der Waals surface area contributed by atoms with Gasteiger partial charge in [0.1, 0.15) is 0 Å². The molecule has 0 bridgehead atoms. The molecule has 3 heterocycles. The molecule has 2 aliphatic heterocycles. The van der Waals surface area contributed by atoms with Gasteiger partial charge in [-0.05, 0) is 63.9 Å². The Balaban J connectivity index is 0.000000532. The van der Waals surface area contributed by atoms with Gasteiger partial charge in [0.2, 0.25) is 0 Å². The molecule has 1 aromatic carbocycles. The largest absolute Gasteiger partial charge is 0.490 e. The number of carboxylic acids is 2. The molecule has 0 unspecified atom stereocenters. The Morgan fingerprint density at radius 3 is 2.08 bits per heavy atom. The summed E-state index contributed by atoms with van der Waals surface area (Å²) in [6, 6.07) is 8.43. The van der Waals surface area contributed by atoms with Gasteiger partial charge in [0, 0.05) is 25.3 Å². The van der Waals surface area contributed by atoms with Crippen molar-refractivity contribution in [3.63, 3.8) is 0 Å². The van der Waals surface area contributed by atoms with Crippen LogP contribution in [-0.2, 0) is 14.8 Å². The van der Waals surface area contributed by atoms with Crippen LogP contribution in [0.15, 0.2) is 41.4 Å². The monoisotopic (exact) mass is 572 g/mol. The maximum Gasteiger partial charge on any atom is 0.490 e. The number of nitrogens with zero attached hydrogens (tertiary/aromatic N) is 3. The number of aromatic nitrogens is 1. The summed E-state index contributed by atoms with van der Waals surface area (Å²) in [6.07, 6.45) is 1.98. The van der Waals surface area contributed by atoms with Gasteiger partial charge in [-0.25, -0.2) is 23.0 Å². The van der Waals surface area contributed by atoms with Crippen molar-refractivity contribution in [1.29, 1.82) is 0 Å². The first-order valence-electron chi connectivity index (χ1n) is 12.4. The Morgan fingerprint density at radius 2 is 1.56 bits per heavy atom. The molecule has 2 aliphatic rings. The summed E-state index contributed by atoms with van der Waals surface area (Å²) in [7, 11) is -3.88. The fraction of sp³-hybridized carbons (Fsp3) is 0.480. The highest BCUT2D eigenvalue weighted by Crippen LogP contribution is 2.31. The van der Waals surface area contributed by atoms with Crippen LogP contribution in [0.25, 0.3) is 0 Å². The number of rotatable bonds is 6. The van der Waals surface area contributed by atoms with Crippen LogP contribution in [0.4, 0.5) is 24.7 Å². The molecule has 0 amide bonds. The quantitative estimate of drug-likeness (QED) is 0.469. The zero-order valence-electron chi connectivity index (χ0n) is 21.3. The standard InChI is InChI=1S/C23H30N4O4S.C2HF3O2/c1-17-5-7-20(8-6-17)32(30,31)25-21-15-18(23(28)29)16-24-22(21)27-13-9-19(10-14-27)26-11-3-2-4-12-26;3-2(4,5)1(6)7/h5-8,15-16,19,25H,2-4,9-14H2,1H3,(H,28,29);(H,6,7). The number of halogens is 3.